The van der Waals surface area contributed by atoms with Gasteiger partial charge in [-0.2, -0.15) is 4.98 Å². The van der Waals surface area contributed by atoms with Crippen molar-refractivity contribution >= 4 is 17.1 Å². The third kappa shape index (κ3) is 2.26. The van der Waals surface area contributed by atoms with Gasteiger partial charge in [0.15, 0.2) is 5.65 Å². The predicted octanol–water partition coefficient (Wildman–Crippen LogP) is 2.51. The van der Waals surface area contributed by atoms with E-state index >= 15 is 0 Å². The molecule has 3 aromatic rings. The number of rotatable bonds is 2. The first-order chi connectivity index (χ1) is 10.8. The molecule has 1 aliphatic rings. The molecule has 4 rings (SSSR count). The van der Waals surface area contributed by atoms with Gasteiger partial charge in [-0.15, -0.1) is 0 Å². The van der Waals surface area contributed by atoms with Gasteiger partial charge in [-0.3, -0.25) is 4.57 Å². The number of aromatic hydroxyl groups is 1. The summed E-state index contributed by atoms with van der Waals surface area (Å²) in [7, 11) is 0. The standard InChI is InChI=1S/C16H17N5O/c22-13-6-4-12(5-7-13)21-11-18-14-10-17-16(19-15(14)21)20-8-2-1-3-9-20/h4-7,10-11,22H,1-3,8-9H2. The number of anilines is 1. The Morgan fingerprint density at radius 2 is 1.73 bits per heavy atom. The van der Waals surface area contributed by atoms with Gasteiger partial charge in [-0.1, -0.05) is 0 Å². The number of hydrogen-bond donors (Lipinski definition) is 1. The summed E-state index contributed by atoms with van der Waals surface area (Å²) in [4.78, 5) is 15.8. The molecule has 0 saturated carbocycles. The van der Waals surface area contributed by atoms with E-state index in [0.29, 0.717) is 0 Å². The summed E-state index contributed by atoms with van der Waals surface area (Å²) in [6.07, 6.45) is 7.19. The first-order valence-corrected chi connectivity index (χ1v) is 7.56. The fourth-order valence-corrected chi connectivity index (χ4v) is 2.85. The summed E-state index contributed by atoms with van der Waals surface area (Å²) >= 11 is 0. The van der Waals surface area contributed by atoms with E-state index in [1.807, 2.05) is 16.7 Å². The van der Waals surface area contributed by atoms with Crippen LogP contribution in [0.2, 0.25) is 0 Å². The number of phenols is 1. The molecule has 3 heterocycles. The van der Waals surface area contributed by atoms with Crippen LogP contribution in [-0.4, -0.2) is 37.7 Å². The normalized spacial score (nSPS) is 15.4. The minimum Gasteiger partial charge on any atom is -0.508 e. The number of piperidine rings is 1. The highest BCUT2D eigenvalue weighted by molar-refractivity contribution is 5.73. The van der Waals surface area contributed by atoms with E-state index in [2.05, 4.69) is 14.9 Å². The van der Waals surface area contributed by atoms with E-state index in [4.69, 9.17) is 4.98 Å². The molecule has 1 aromatic carbocycles. The maximum atomic E-state index is 9.42. The summed E-state index contributed by atoms with van der Waals surface area (Å²) in [5.41, 5.74) is 2.48. The number of nitrogens with zero attached hydrogens (tertiary/aromatic N) is 5. The Morgan fingerprint density at radius 3 is 2.50 bits per heavy atom. The van der Waals surface area contributed by atoms with Crippen molar-refractivity contribution in [1.82, 2.24) is 19.5 Å². The fraction of sp³-hybridized carbons (Fsp3) is 0.312. The molecule has 112 valence electrons. The summed E-state index contributed by atoms with van der Waals surface area (Å²) in [6, 6.07) is 7.01. The van der Waals surface area contributed by atoms with Crippen molar-refractivity contribution in [2.45, 2.75) is 19.3 Å². The lowest BCUT2D eigenvalue weighted by Gasteiger charge is -2.26. The summed E-state index contributed by atoms with van der Waals surface area (Å²) in [5.74, 6) is 1.02. The predicted molar refractivity (Wildman–Crippen MR) is 84.4 cm³/mol. The second-order valence-corrected chi connectivity index (χ2v) is 5.56. The van der Waals surface area contributed by atoms with E-state index in [0.717, 1.165) is 35.9 Å². The third-order valence-electron chi connectivity index (χ3n) is 4.04. The second-order valence-electron chi connectivity index (χ2n) is 5.56. The lowest BCUT2D eigenvalue weighted by Crippen LogP contribution is -2.30. The summed E-state index contributed by atoms with van der Waals surface area (Å²) in [6.45, 7) is 2.03. The molecule has 0 amide bonds. The third-order valence-corrected chi connectivity index (χ3v) is 4.04. The first-order valence-electron chi connectivity index (χ1n) is 7.56. The molecule has 6 heteroatoms. The topological polar surface area (TPSA) is 67.1 Å². The van der Waals surface area contributed by atoms with Gasteiger partial charge in [0.05, 0.1) is 6.20 Å². The van der Waals surface area contributed by atoms with Crippen LogP contribution in [0.3, 0.4) is 0 Å². The zero-order valence-electron chi connectivity index (χ0n) is 12.2. The number of phenolic OH excluding ortho intramolecular Hbond substituents is 1. The van der Waals surface area contributed by atoms with Gasteiger partial charge in [0.1, 0.15) is 17.6 Å². The quantitative estimate of drug-likeness (QED) is 0.787. The molecule has 1 fully saturated rings. The average molecular weight is 295 g/mol. The minimum atomic E-state index is 0.247. The Balaban J connectivity index is 1.77. The highest BCUT2D eigenvalue weighted by Gasteiger charge is 2.15. The molecule has 1 saturated heterocycles. The van der Waals surface area contributed by atoms with E-state index in [1.54, 1.807) is 24.7 Å². The van der Waals surface area contributed by atoms with Gasteiger partial charge < -0.3 is 10.0 Å². The minimum absolute atomic E-state index is 0.247. The maximum absolute atomic E-state index is 9.42. The van der Waals surface area contributed by atoms with E-state index < -0.39 is 0 Å². The van der Waals surface area contributed by atoms with E-state index in [1.165, 1.54) is 19.3 Å². The Bertz CT molecular complexity index is 790. The molecule has 0 atom stereocenters. The lowest BCUT2D eigenvalue weighted by atomic mass is 10.1. The van der Waals surface area contributed by atoms with Gasteiger partial charge in [0.25, 0.3) is 0 Å². The number of hydrogen-bond acceptors (Lipinski definition) is 5. The van der Waals surface area contributed by atoms with Crippen molar-refractivity contribution < 1.29 is 5.11 Å². The number of imidazole rings is 1. The molecule has 1 aliphatic heterocycles. The average Bonchev–Trinajstić information content (AvgIpc) is 2.99. The molecule has 22 heavy (non-hydrogen) atoms. The second kappa shape index (κ2) is 5.29. The SMILES string of the molecule is Oc1ccc(-n2cnc3cnc(N4CCCCC4)nc32)cc1. The smallest absolute Gasteiger partial charge is 0.227 e. The Kier molecular flexibility index (Phi) is 3.14. The zero-order valence-corrected chi connectivity index (χ0v) is 12.2. The van der Waals surface area contributed by atoms with Gasteiger partial charge in [0.2, 0.25) is 5.95 Å². The summed E-state index contributed by atoms with van der Waals surface area (Å²) in [5, 5.41) is 9.42. The fourth-order valence-electron chi connectivity index (χ4n) is 2.85. The molecule has 0 bridgehead atoms. The molecule has 6 nitrogen and oxygen atoms in total. The molecule has 2 aromatic heterocycles. The van der Waals surface area contributed by atoms with Crippen molar-refractivity contribution in [3.63, 3.8) is 0 Å². The van der Waals surface area contributed by atoms with E-state index in [-0.39, 0.29) is 5.75 Å². The number of fused-ring (bicyclic) bond motifs is 1. The first kappa shape index (κ1) is 13.1. The molecule has 0 unspecified atom stereocenters. The summed E-state index contributed by atoms with van der Waals surface area (Å²) < 4.78 is 1.92. The monoisotopic (exact) mass is 295 g/mol. The molecule has 0 radical (unpaired) electrons. The molecular formula is C16H17N5O. The van der Waals surface area contributed by atoms with Crippen LogP contribution >= 0.6 is 0 Å². The maximum Gasteiger partial charge on any atom is 0.227 e. The van der Waals surface area contributed by atoms with Crippen LogP contribution in [0.15, 0.2) is 36.8 Å². The molecule has 1 N–H and O–H groups in total. The Morgan fingerprint density at radius 1 is 0.955 bits per heavy atom. The van der Waals surface area contributed by atoms with Gasteiger partial charge >= 0.3 is 0 Å². The number of aromatic nitrogens is 4. The van der Waals surface area contributed by atoms with E-state index in [9.17, 15) is 5.11 Å². The van der Waals surface area contributed by atoms with Crippen molar-refractivity contribution in [2.24, 2.45) is 0 Å². The van der Waals surface area contributed by atoms with Crippen molar-refractivity contribution in [3.8, 4) is 11.4 Å². The van der Waals surface area contributed by atoms with Gasteiger partial charge in [-0.25, -0.2) is 9.97 Å². The largest absolute Gasteiger partial charge is 0.508 e. The highest BCUT2D eigenvalue weighted by atomic mass is 16.3. The zero-order chi connectivity index (χ0) is 14.9. The Hall–Kier alpha value is -2.63. The molecule has 0 spiro atoms. The Labute approximate surface area is 128 Å². The van der Waals surface area contributed by atoms with Crippen molar-refractivity contribution in [1.29, 1.82) is 0 Å². The van der Waals surface area contributed by atoms with Crippen LogP contribution in [0.4, 0.5) is 5.95 Å². The lowest BCUT2D eigenvalue weighted by molar-refractivity contribution is 0.475. The van der Waals surface area contributed by atoms with Crippen LogP contribution < -0.4 is 4.90 Å². The molecule has 0 aliphatic carbocycles. The molecular weight excluding hydrogens is 278 g/mol. The van der Waals surface area contributed by atoms with Crippen LogP contribution in [0.5, 0.6) is 5.75 Å². The highest BCUT2D eigenvalue weighted by Crippen LogP contribution is 2.21. The van der Waals surface area contributed by atoms with Crippen molar-refractivity contribution in [2.75, 3.05) is 18.0 Å². The number of benzene rings is 1. The van der Waals surface area contributed by atoms with Crippen LogP contribution in [0.25, 0.3) is 16.9 Å². The van der Waals surface area contributed by atoms with Gasteiger partial charge in [0, 0.05) is 18.8 Å². The van der Waals surface area contributed by atoms with Gasteiger partial charge in [-0.05, 0) is 43.5 Å². The van der Waals surface area contributed by atoms with Crippen LogP contribution in [-0.2, 0) is 0 Å². The van der Waals surface area contributed by atoms with Crippen LogP contribution in [0, 0.1) is 0 Å². The van der Waals surface area contributed by atoms with Crippen molar-refractivity contribution in [3.05, 3.63) is 36.8 Å². The van der Waals surface area contributed by atoms with Crippen LogP contribution in [0.1, 0.15) is 19.3 Å².